The quantitative estimate of drug-likeness (QED) is 0.517. The molecule has 2 aromatic heterocycles. The van der Waals surface area contributed by atoms with Gasteiger partial charge in [0.1, 0.15) is 0 Å². The Morgan fingerprint density at radius 1 is 1.24 bits per heavy atom. The second kappa shape index (κ2) is 7.75. The number of aryl methyl sites for hydroxylation is 1. The molecule has 1 amide bonds. The summed E-state index contributed by atoms with van der Waals surface area (Å²) in [5, 5.41) is 19.4. The number of aromatic nitrogens is 4. The van der Waals surface area contributed by atoms with Gasteiger partial charge in [-0.3, -0.25) is 4.79 Å². The summed E-state index contributed by atoms with van der Waals surface area (Å²) in [7, 11) is 0. The molecular formula is C16H17N5O2S2. The van der Waals surface area contributed by atoms with Crippen molar-refractivity contribution in [2.45, 2.75) is 30.9 Å². The predicted octanol–water partition coefficient (Wildman–Crippen LogP) is 3.78. The van der Waals surface area contributed by atoms with Gasteiger partial charge < -0.3 is 9.73 Å². The van der Waals surface area contributed by atoms with Crippen LogP contribution in [-0.2, 0) is 10.5 Å². The zero-order chi connectivity index (χ0) is 17.8. The second-order valence-electron chi connectivity index (χ2n) is 5.62. The number of carbonyl (C=O) groups excluding carboxylic acids is 1. The number of benzene rings is 1. The number of anilines is 1. The molecule has 0 atom stereocenters. The van der Waals surface area contributed by atoms with Crippen LogP contribution in [0.15, 0.2) is 33.0 Å². The van der Waals surface area contributed by atoms with E-state index in [1.807, 2.05) is 45.0 Å². The first kappa shape index (κ1) is 17.6. The molecule has 0 spiro atoms. The summed E-state index contributed by atoms with van der Waals surface area (Å²) in [6.07, 6.45) is 0. The predicted molar refractivity (Wildman–Crippen MR) is 97.4 cm³/mol. The lowest BCUT2D eigenvalue weighted by Crippen LogP contribution is -2.17. The Kier molecular flexibility index (Phi) is 5.44. The van der Waals surface area contributed by atoms with Crippen LogP contribution in [0.2, 0.25) is 0 Å². The molecule has 0 bridgehead atoms. The molecule has 0 unspecified atom stereocenters. The van der Waals surface area contributed by atoms with E-state index in [-0.39, 0.29) is 11.8 Å². The monoisotopic (exact) mass is 375 g/mol. The molecule has 0 saturated heterocycles. The molecule has 9 heteroatoms. The minimum atomic E-state index is -0.0988. The summed E-state index contributed by atoms with van der Waals surface area (Å²) in [5.74, 6) is 1.35. The SMILES string of the molecule is Cc1ccccc1-c1nnc(CSc2nnc(NC(=O)C(C)C)s2)o1. The van der Waals surface area contributed by atoms with Crippen LogP contribution in [0, 0.1) is 12.8 Å². The lowest BCUT2D eigenvalue weighted by atomic mass is 10.1. The fourth-order valence-corrected chi connectivity index (χ4v) is 3.52. The molecule has 3 aromatic rings. The molecule has 25 heavy (non-hydrogen) atoms. The Balaban J connectivity index is 1.61. The number of hydrogen-bond acceptors (Lipinski definition) is 8. The Labute approximate surface area is 153 Å². The van der Waals surface area contributed by atoms with Crippen molar-refractivity contribution in [1.82, 2.24) is 20.4 Å². The molecule has 0 fully saturated rings. The molecule has 1 aromatic carbocycles. The largest absolute Gasteiger partial charge is 0.420 e. The van der Waals surface area contributed by atoms with Gasteiger partial charge in [0.2, 0.25) is 22.8 Å². The van der Waals surface area contributed by atoms with Gasteiger partial charge in [0.25, 0.3) is 0 Å². The maximum atomic E-state index is 11.7. The topological polar surface area (TPSA) is 93.8 Å². The summed E-state index contributed by atoms with van der Waals surface area (Å²) >= 11 is 2.76. The second-order valence-corrected chi connectivity index (χ2v) is 7.82. The molecule has 0 aliphatic rings. The van der Waals surface area contributed by atoms with Crippen molar-refractivity contribution in [1.29, 1.82) is 0 Å². The van der Waals surface area contributed by atoms with Gasteiger partial charge in [0.05, 0.1) is 5.75 Å². The number of rotatable bonds is 6. The van der Waals surface area contributed by atoms with E-state index < -0.39 is 0 Å². The first-order valence-corrected chi connectivity index (χ1v) is 9.48. The van der Waals surface area contributed by atoms with E-state index in [9.17, 15) is 4.79 Å². The molecule has 0 aliphatic heterocycles. The van der Waals surface area contributed by atoms with Crippen molar-refractivity contribution in [2.24, 2.45) is 5.92 Å². The van der Waals surface area contributed by atoms with Gasteiger partial charge in [-0.25, -0.2) is 0 Å². The zero-order valence-electron chi connectivity index (χ0n) is 14.0. The summed E-state index contributed by atoms with van der Waals surface area (Å²) < 4.78 is 6.45. The number of amides is 1. The average molecular weight is 375 g/mol. The van der Waals surface area contributed by atoms with E-state index in [2.05, 4.69) is 25.7 Å². The van der Waals surface area contributed by atoms with Crippen molar-refractivity contribution < 1.29 is 9.21 Å². The minimum Gasteiger partial charge on any atom is -0.420 e. The van der Waals surface area contributed by atoms with Crippen molar-refractivity contribution in [2.75, 3.05) is 5.32 Å². The van der Waals surface area contributed by atoms with Gasteiger partial charge in [0, 0.05) is 11.5 Å². The van der Waals surface area contributed by atoms with E-state index in [0.29, 0.717) is 22.7 Å². The number of hydrogen-bond donors (Lipinski definition) is 1. The van der Waals surface area contributed by atoms with E-state index in [4.69, 9.17) is 4.42 Å². The lowest BCUT2D eigenvalue weighted by molar-refractivity contribution is -0.118. The number of nitrogens with zero attached hydrogens (tertiary/aromatic N) is 4. The van der Waals surface area contributed by atoms with Crippen molar-refractivity contribution in [3.8, 4) is 11.5 Å². The van der Waals surface area contributed by atoms with Crippen LogP contribution < -0.4 is 5.32 Å². The highest BCUT2D eigenvalue weighted by Gasteiger charge is 2.14. The van der Waals surface area contributed by atoms with Gasteiger partial charge in [-0.2, -0.15) is 0 Å². The molecule has 0 aliphatic carbocycles. The van der Waals surface area contributed by atoms with Gasteiger partial charge in [-0.05, 0) is 18.6 Å². The molecule has 2 heterocycles. The highest BCUT2D eigenvalue weighted by atomic mass is 32.2. The fraction of sp³-hybridized carbons (Fsp3) is 0.312. The van der Waals surface area contributed by atoms with Crippen LogP contribution in [0.1, 0.15) is 25.3 Å². The summed E-state index contributed by atoms with van der Waals surface area (Å²) in [5.41, 5.74) is 2.01. The number of carbonyl (C=O) groups is 1. The maximum absolute atomic E-state index is 11.7. The van der Waals surface area contributed by atoms with Crippen molar-refractivity contribution >= 4 is 34.1 Å². The molecule has 0 saturated carbocycles. The van der Waals surface area contributed by atoms with E-state index in [1.165, 1.54) is 23.1 Å². The normalized spacial score (nSPS) is 11.0. The molecule has 130 valence electrons. The average Bonchev–Trinajstić information content (AvgIpc) is 3.22. The molecule has 1 N–H and O–H groups in total. The van der Waals surface area contributed by atoms with Crippen molar-refractivity contribution in [3.05, 3.63) is 35.7 Å². The molecule has 7 nitrogen and oxygen atoms in total. The number of nitrogens with one attached hydrogen (secondary N) is 1. The van der Waals surface area contributed by atoms with Gasteiger partial charge in [0.15, 0.2) is 4.34 Å². The van der Waals surface area contributed by atoms with Crippen LogP contribution in [0.5, 0.6) is 0 Å². The molecule has 3 rings (SSSR count). The highest BCUT2D eigenvalue weighted by molar-refractivity contribution is 8.00. The first-order chi connectivity index (χ1) is 12.0. The van der Waals surface area contributed by atoms with Crippen LogP contribution in [0.25, 0.3) is 11.5 Å². The fourth-order valence-electron chi connectivity index (χ4n) is 1.93. The minimum absolute atomic E-state index is 0.0764. The standard InChI is InChI=1S/C16H17N5O2S2/c1-9(2)13(22)17-15-20-21-16(25-15)24-8-12-18-19-14(23-12)11-7-5-4-6-10(11)3/h4-7,9H,8H2,1-3H3,(H,17,20,22). The number of thioether (sulfide) groups is 1. The molecule has 0 radical (unpaired) electrons. The third kappa shape index (κ3) is 4.43. The Morgan fingerprint density at radius 2 is 2.04 bits per heavy atom. The summed E-state index contributed by atoms with van der Waals surface area (Å²) in [6, 6.07) is 7.86. The van der Waals surface area contributed by atoms with E-state index in [0.717, 1.165) is 15.5 Å². The Hall–Kier alpha value is -2.26. The van der Waals surface area contributed by atoms with Crippen LogP contribution >= 0.6 is 23.1 Å². The smallest absolute Gasteiger partial charge is 0.248 e. The summed E-state index contributed by atoms with van der Waals surface area (Å²) in [6.45, 7) is 5.66. The van der Waals surface area contributed by atoms with Crippen LogP contribution in [0.4, 0.5) is 5.13 Å². The van der Waals surface area contributed by atoms with Gasteiger partial charge >= 0.3 is 0 Å². The summed E-state index contributed by atoms with van der Waals surface area (Å²) in [4.78, 5) is 11.7. The lowest BCUT2D eigenvalue weighted by Gasteiger charge is -2.02. The van der Waals surface area contributed by atoms with E-state index >= 15 is 0 Å². The maximum Gasteiger partial charge on any atom is 0.248 e. The molecular weight excluding hydrogens is 358 g/mol. The highest BCUT2D eigenvalue weighted by Crippen LogP contribution is 2.29. The van der Waals surface area contributed by atoms with E-state index in [1.54, 1.807) is 0 Å². The zero-order valence-corrected chi connectivity index (χ0v) is 15.6. The Morgan fingerprint density at radius 3 is 2.80 bits per heavy atom. The first-order valence-electron chi connectivity index (χ1n) is 7.68. The third-order valence-corrected chi connectivity index (χ3v) is 5.28. The van der Waals surface area contributed by atoms with Gasteiger partial charge in [-0.1, -0.05) is 55.1 Å². The van der Waals surface area contributed by atoms with Crippen molar-refractivity contribution in [3.63, 3.8) is 0 Å². The third-order valence-electron chi connectivity index (χ3n) is 3.32. The van der Waals surface area contributed by atoms with Gasteiger partial charge in [-0.15, -0.1) is 20.4 Å². The van der Waals surface area contributed by atoms with Crippen LogP contribution in [-0.4, -0.2) is 26.3 Å². The Bertz CT molecular complexity index is 875. The van der Waals surface area contributed by atoms with Crippen LogP contribution in [0.3, 0.4) is 0 Å².